The Hall–Kier alpha value is -3.56. The van der Waals surface area contributed by atoms with E-state index in [-0.39, 0.29) is 17.7 Å². The summed E-state index contributed by atoms with van der Waals surface area (Å²) in [6.07, 6.45) is 0.653. The standard InChI is InChI=1S/C28H30FN3O5/c1-3-10-31-22-7-5-4-6-20(22)28(27(31)36)23(24(33)19-9-8-18(2)21(29)17-19)25(34)26(35)32(28)12-11-30-13-15-37-16-14-30/h4-9,17,33H,3,10-16H2,1-2H3/b24-23+. The molecule has 0 aliphatic carbocycles. The van der Waals surface area contributed by atoms with Gasteiger partial charge in [-0.25, -0.2) is 4.39 Å². The third kappa shape index (κ3) is 3.84. The van der Waals surface area contributed by atoms with Crippen LogP contribution in [0.25, 0.3) is 5.76 Å². The number of aryl methyl sites for hydroxylation is 1. The zero-order chi connectivity index (χ0) is 26.3. The van der Waals surface area contributed by atoms with E-state index < -0.39 is 34.7 Å². The molecule has 0 bridgehead atoms. The first-order valence-corrected chi connectivity index (χ1v) is 12.6. The largest absolute Gasteiger partial charge is 0.507 e. The smallest absolute Gasteiger partial charge is 0.296 e. The first-order valence-electron chi connectivity index (χ1n) is 12.6. The number of aliphatic hydroxyl groups is 1. The predicted octanol–water partition coefficient (Wildman–Crippen LogP) is 2.80. The topological polar surface area (TPSA) is 90.4 Å². The van der Waals surface area contributed by atoms with Crippen molar-refractivity contribution in [1.82, 2.24) is 9.80 Å². The van der Waals surface area contributed by atoms with Gasteiger partial charge in [-0.1, -0.05) is 37.3 Å². The van der Waals surface area contributed by atoms with Crippen molar-refractivity contribution in [2.45, 2.75) is 25.8 Å². The number of carbonyl (C=O) groups excluding carboxylic acids is 3. The number of ketones is 1. The molecule has 3 heterocycles. The van der Waals surface area contributed by atoms with E-state index in [1.807, 2.05) is 6.92 Å². The molecule has 8 nitrogen and oxygen atoms in total. The molecular weight excluding hydrogens is 477 g/mol. The average Bonchev–Trinajstić information content (AvgIpc) is 3.28. The Labute approximate surface area is 214 Å². The fraction of sp³-hybridized carbons (Fsp3) is 0.393. The number of benzene rings is 2. The molecule has 3 aliphatic heterocycles. The lowest BCUT2D eigenvalue weighted by molar-refractivity contribution is -0.144. The number of para-hydroxylation sites is 1. The summed E-state index contributed by atoms with van der Waals surface area (Å²) in [6.45, 7) is 6.91. The Morgan fingerprint density at radius 1 is 1.05 bits per heavy atom. The molecule has 2 fully saturated rings. The maximum Gasteiger partial charge on any atom is 0.296 e. The first-order chi connectivity index (χ1) is 17.8. The fourth-order valence-electron chi connectivity index (χ4n) is 5.56. The zero-order valence-corrected chi connectivity index (χ0v) is 21.0. The first kappa shape index (κ1) is 25.1. The second kappa shape index (κ2) is 9.72. The molecule has 1 unspecified atom stereocenters. The molecule has 2 saturated heterocycles. The van der Waals surface area contributed by atoms with Crippen molar-refractivity contribution in [3.63, 3.8) is 0 Å². The van der Waals surface area contributed by atoms with Gasteiger partial charge in [0, 0.05) is 43.9 Å². The van der Waals surface area contributed by atoms with Crippen LogP contribution in [0.1, 0.15) is 30.0 Å². The molecule has 1 atom stereocenters. The van der Waals surface area contributed by atoms with Gasteiger partial charge in [-0.3, -0.25) is 19.3 Å². The van der Waals surface area contributed by atoms with Crippen molar-refractivity contribution in [3.05, 3.63) is 70.5 Å². The van der Waals surface area contributed by atoms with Crippen LogP contribution in [0.2, 0.25) is 0 Å². The monoisotopic (exact) mass is 507 g/mol. The van der Waals surface area contributed by atoms with Gasteiger partial charge in [0.1, 0.15) is 11.6 Å². The molecule has 1 N–H and O–H groups in total. The minimum absolute atomic E-state index is 0.0351. The van der Waals surface area contributed by atoms with Crippen molar-refractivity contribution >= 4 is 29.0 Å². The molecule has 5 rings (SSSR count). The molecule has 0 aromatic heterocycles. The van der Waals surface area contributed by atoms with E-state index in [2.05, 4.69) is 4.90 Å². The van der Waals surface area contributed by atoms with Gasteiger partial charge in [-0.2, -0.15) is 0 Å². The van der Waals surface area contributed by atoms with Gasteiger partial charge >= 0.3 is 0 Å². The van der Waals surface area contributed by atoms with E-state index in [1.54, 1.807) is 36.1 Å². The molecule has 37 heavy (non-hydrogen) atoms. The van der Waals surface area contributed by atoms with Gasteiger partial charge in [0.15, 0.2) is 5.54 Å². The summed E-state index contributed by atoms with van der Waals surface area (Å²) in [5.74, 6) is -3.41. The van der Waals surface area contributed by atoms with E-state index in [0.29, 0.717) is 62.6 Å². The van der Waals surface area contributed by atoms with Crippen LogP contribution in [0.4, 0.5) is 10.1 Å². The Morgan fingerprint density at radius 3 is 2.49 bits per heavy atom. The van der Waals surface area contributed by atoms with Crippen LogP contribution >= 0.6 is 0 Å². The van der Waals surface area contributed by atoms with Gasteiger partial charge in [0.2, 0.25) is 0 Å². The van der Waals surface area contributed by atoms with Crippen LogP contribution in [0.3, 0.4) is 0 Å². The number of amides is 2. The highest BCUT2D eigenvalue weighted by Crippen LogP contribution is 2.53. The summed E-state index contributed by atoms with van der Waals surface area (Å²) in [7, 11) is 0. The summed E-state index contributed by atoms with van der Waals surface area (Å²) in [4.78, 5) is 46.5. The second-order valence-electron chi connectivity index (χ2n) is 9.61. The number of hydrogen-bond acceptors (Lipinski definition) is 6. The normalized spacial score (nSPS) is 23.4. The summed E-state index contributed by atoms with van der Waals surface area (Å²) in [5.41, 5.74) is -0.699. The minimum Gasteiger partial charge on any atom is -0.507 e. The van der Waals surface area contributed by atoms with Gasteiger partial charge in [-0.15, -0.1) is 0 Å². The van der Waals surface area contributed by atoms with Crippen molar-refractivity contribution in [1.29, 1.82) is 0 Å². The van der Waals surface area contributed by atoms with Gasteiger partial charge in [-0.05, 0) is 31.0 Å². The van der Waals surface area contributed by atoms with E-state index in [0.717, 1.165) is 6.07 Å². The molecule has 0 saturated carbocycles. The van der Waals surface area contributed by atoms with Crippen molar-refractivity contribution < 1.29 is 28.6 Å². The second-order valence-corrected chi connectivity index (χ2v) is 9.61. The van der Waals surface area contributed by atoms with E-state index in [4.69, 9.17) is 4.74 Å². The molecule has 0 radical (unpaired) electrons. The van der Waals surface area contributed by atoms with E-state index in [9.17, 15) is 23.9 Å². The number of fused-ring (bicyclic) bond motifs is 2. The van der Waals surface area contributed by atoms with Gasteiger partial charge in [0.25, 0.3) is 17.6 Å². The lowest BCUT2D eigenvalue weighted by Gasteiger charge is -2.36. The molecule has 2 amide bonds. The number of nitrogens with zero attached hydrogens (tertiary/aromatic N) is 3. The summed E-state index contributed by atoms with van der Waals surface area (Å²) in [5, 5.41) is 11.5. The molecule has 2 aromatic rings. The van der Waals surface area contributed by atoms with Gasteiger partial charge in [0.05, 0.1) is 24.5 Å². The molecule has 194 valence electrons. The quantitative estimate of drug-likeness (QED) is 0.368. The predicted molar refractivity (Wildman–Crippen MR) is 135 cm³/mol. The SMILES string of the molecule is CCCN1C(=O)C2(/C(=C(/O)c3ccc(C)c(F)c3)C(=O)C(=O)N2CCN2CCOCC2)c2ccccc21. The van der Waals surface area contributed by atoms with Gasteiger partial charge < -0.3 is 19.6 Å². The fourth-order valence-corrected chi connectivity index (χ4v) is 5.56. The van der Waals surface area contributed by atoms with Crippen LogP contribution in [0.15, 0.2) is 48.0 Å². The third-order valence-corrected chi connectivity index (χ3v) is 7.45. The lowest BCUT2D eigenvalue weighted by Crippen LogP contribution is -2.54. The number of anilines is 1. The number of carbonyl (C=O) groups is 3. The number of halogens is 1. The molecule has 2 aromatic carbocycles. The third-order valence-electron chi connectivity index (χ3n) is 7.45. The maximum absolute atomic E-state index is 14.5. The zero-order valence-electron chi connectivity index (χ0n) is 21.0. The summed E-state index contributed by atoms with van der Waals surface area (Å²) < 4.78 is 19.9. The number of morpholine rings is 1. The van der Waals surface area contributed by atoms with E-state index in [1.165, 1.54) is 17.0 Å². The molecule has 1 spiro atoms. The van der Waals surface area contributed by atoms with Crippen LogP contribution in [-0.4, -0.2) is 78.4 Å². The summed E-state index contributed by atoms with van der Waals surface area (Å²) >= 11 is 0. The van der Waals surface area contributed by atoms with Crippen LogP contribution < -0.4 is 4.90 Å². The highest BCUT2D eigenvalue weighted by Gasteiger charge is 2.66. The highest BCUT2D eigenvalue weighted by atomic mass is 19.1. The van der Waals surface area contributed by atoms with Crippen LogP contribution in [0, 0.1) is 12.7 Å². The minimum atomic E-state index is -1.84. The molecule has 9 heteroatoms. The van der Waals surface area contributed by atoms with Crippen molar-refractivity contribution in [3.8, 4) is 0 Å². The van der Waals surface area contributed by atoms with Crippen LogP contribution in [-0.2, 0) is 24.7 Å². The number of rotatable bonds is 6. The molecular formula is C28H30FN3O5. The summed E-state index contributed by atoms with van der Waals surface area (Å²) in [6, 6.07) is 11.1. The van der Waals surface area contributed by atoms with Crippen molar-refractivity contribution in [2.75, 3.05) is 50.8 Å². The highest BCUT2D eigenvalue weighted by molar-refractivity contribution is 6.50. The number of Topliss-reactive ketones (excluding diaryl/α,β-unsaturated/α-hetero) is 1. The lowest BCUT2D eigenvalue weighted by atomic mass is 9.82. The number of aliphatic hydroxyl groups excluding tert-OH is 1. The van der Waals surface area contributed by atoms with E-state index >= 15 is 0 Å². The maximum atomic E-state index is 14.5. The number of likely N-dealkylation sites (tertiary alicyclic amines) is 1. The Balaban J connectivity index is 1.72. The Bertz CT molecular complexity index is 1300. The number of ether oxygens (including phenoxy) is 1. The number of hydrogen-bond donors (Lipinski definition) is 1. The Morgan fingerprint density at radius 2 is 1.78 bits per heavy atom. The Kier molecular flexibility index (Phi) is 6.59. The molecule has 3 aliphatic rings. The average molecular weight is 508 g/mol. The van der Waals surface area contributed by atoms with Crippen molar-refractivity contribution in [2.24, 2.45) is 0 Å². The van der Waals surface area contributed by atoms with Crippen LogP contribution in [0.5, 0.6) is 0 Å².